The number of fused-ring (bicyclic) bond motifs is 5. The van der Waals surface area contributed by atoms with Gasteiger partial charge in [-0.1, -0.05) is 67.2 Å². The molecule has 0 radical (unpaired) electrons. The van der Waals surface area contributed by atoms with Crippen molar-refractivity contribution in [3.05, 3.63) is 0 Å². The molecule has 2 unspecified atom stereocenters. The van der Waals surface area contributed by atoms with Crippen molar-refractivity contribution in [1.82, 2.24) is 0 Å². The molecule has 1 heteroatoms. The second-order valence-corrected chi connectivity index (χ2v) is 13.2. The third kappa shape index (κ3) is 3.72. The first kappa shape index (κ1) is 23.1. The minimum absolute atomic E-state index is 0.0215. The van der Waals surface area contributed by atoms with Crippen molar-refractivity contribution in [3.8, 4) is 0 Å². The van der Waals surface area contributed by atoms with Gasteiger partial charge in [0.2, 0.25) is 0 Å². The van der Waals surface area contributed by atoms with E-state index in [1.165, 1.54) is 70.6 Å². The summed E-state index contributed by atoms with van der Waals surface area (Å²) in [5, 5.41) is 11.2. The van der Waals surface area contributed by atoms with Gasteiger partial charge in [-0.25, -0.2) is 0 Å². The Balaban J connectivity index is 1.48. The molecule has 4 fully saturated rings. The van der Waals surface area contributed by atoms with Crippen molar-refractivity contribution in [2.75, 3.05) is 0 Å². The summed E-state index contributed by atoms with van der Waals surface area (Å²) in [6.07, 6.45) is 16.5. The number of rotatable bonds is 6. The minimum atomic E-state index is -0.0215. The van der Waals surface area contributed by atoms with Crippen LogP contribution in [0.2, 0.25) is 0 Å². The predicted molar refractivity (Wildman–Crippen MR) is 128 cm³/mol. The molecule has 0 aromatic heterocycles. The van der Waals surface area contributed by atoms with Crippen LogP contribution in [0.1, 0.15) is 119 Å². The lowest BCUT2D eigenvalue weighted by Gasteiger charge is -2.62. The standard InChI is InChI=1S/C29H52O/c1-7-21(19(2)3)12-11-20(4)23-13-14-24-22-18-27(30)26-10-8-9-16-28(26,5)25(22)15-17-29(23,24)6/h19-27,30H,7-18H2,1-6H3/t20-,21-,22+,23-,24+,25+,26?,27?,28-,29-/m1/s1. The molecule has 174 valence electrons. The number of hydrogen-bond acceptors (Lipinski definition) is 1. The van der Waals surface area contributed by atoms with Gasteiger partial charge in [0.1, 0.15) is 0 Å². The maximum Gasteiger partial charge on any atom is 0.0576 e. The van der Waals surface area contributed by atoms with Crippen LogP contribution in [-0.2, 0) is 0 Å². The summed E-state index contributed by atoms with van der Waals surface area (Å²) in [6, 6.07) is 0. The topological polar surface area (TPSA) is 20.2 Å². The fourth-order valence-corrected chi connectivity index (χ4v) is 10.0. The van der Waals surface area contributed by atoms with E-state index in [1.807, 2.05) is 0 Å². The van der Waals surface area contributed by atoms with Gasteiger partial charge in [-0.2, -0.15) is 0 Å². The van der Waals surface area contributed by atoms with Crippen LogP contribution in [0.25, 0.3) is 0 Å². The average molecular weight is 417 g/mol. The molecule has 0 saturated heterocycles. The molecule has 0 heterocycles. The van der Waals surface area contributed by atoms with E-state index in [1.54, 1.807) is 0 Å². The van der Waals surface area contributed by atoms with Crippen LogP contribution in [0.3, 0.4) is 0 Å². The molecule has 1 nitrogen and oxygen atoms in total. The summed E-state index contributed by atoms with van der Waals surface area (Å²) in [4.78, 5) is 0. The van der Waals surface area contributed by atoms with Crippen LogP contribution in [-0.4, -0.2) is 11.2 Å². The largest absolute Gasteiger partial charge is 0.393 e. The summed E-state index contributed by atoms with van der Waals surface area (Å²) >= 11 is 0. The maximum absolute atomic E-state index is 11.2. The number of hydrogen-bond donors (Lipinski definition) is 1. The zero-order chi connectivity index (χ0) is 21.7. The predicted octanol–water partition coefficient (Wildman–Crippen LogP) is 8.10. The van der Waals surface area contributed by atoms with E-state index in [9.17, 15) is 5.11 Å². The Morgan fingerprint density at radius 2 is 1.57 bits per heavy atom. The van der Waals surface area contributed by atoms with Gasteiger partial charge in [0.05, 0.1) is 6.10 Å². The molecule has 0 aromatic carbocycles. The van der Waals surface area contributed by atoms with Gasteiger partial charge < -0.3 is 5.11 Å². The van der Waals surface area contributed by atoms with Crippen molar-refractivity contribution in [3.63, 3.8) is 0 Å². The molecule has 1 N–H and O–H groups in total. The van der Waals surface area contributed by atoms with Gasteiger partial charge in [-0.15, -0.1) is 0 Å². The third-order valence-corrected chi connectivity index (χ3v) is 11.8. The van der Waals surface area contributed by atoms with Gasteiger partial charge in [0.25, 0.3) is 0 Å². The lowest BCUT2D eigenvalue weighted by Crippen LogP contribution is -2.57. The van der Waals surface area contributed by atoms with Crippen LogP contribution in [0.15, 0.2) is 0 Å². The fourth-order valence-electron chi connectivity index (χ4n) is 10.0. The normalized spacial score (nSPS) is 48.0. The van der Waals surface area contributed by atoms with E-state index >= 15 is 0 Å². The second kappa shape index (κ2) is 8.72. The third-order valence-electron chi connectivity index (χ3n) is 11.8. The van der Waals surface area contributed by atoms with E-state index in [-0.39, 0.29) is 6.10 Å². The lowest BCUT2D eigenvalue weighted by atomic mass is 9.44. The molecule has 10 atom stereocenters. The van der Waals surface area contributed by atoms with E-state index in [0.717, 1.165) is 47.8 Å². The maximum atomic E-state index is 11.2. The zero-order valence-electron chi connectivity index (χ0n) is 21.1. The molecule has 0 bridgehead atoms. The summed E-state index contributed by atoms with van der Waals surface area (Å²) < 4.78 is 0. The summed E-state index contributed by atoms with van der Waals surface area (Å²) in [5.74, 6) is 6.69. The van der Waals surface area contributed by atoms with Crippen molar-refractivity contribution in [2.24, 2.45) is 58.2 Å². The molecule has 4 aliphatic rings. The fraction of sp³-hybridized carbons (Fsp3) is 1.00. The number of aliphatic hydroxyl groups is 1. The highest BCUT2D eigenvalue weighted by molar-refractivity contribution is 5.10. The van der Waals surface area contributed by atoms with Crippen LogP contribution in [0.5, 0.6) is 0 Å². The SMILES string of the molecule is CC[C@H](CC[C@@H](C)[C@H]1CC[C@H]2[C@@H]3CC(O)C4CCCC[C@]4(C)[C@H]3CC[C@]12C)C(C)C. The van der Waals surface area contributed by atoms with Crippen molar-refractivity contribution in [2.45, 2.75) is 125 Å². The zero-order valence-corrected chi connectivity index (χ0v) is 21.1. The van der Waals surface area contributed by atoms with Crippen molar-refractivity contribution >= 4 is 0 Å². The Labute approximate surface area is 188 Å². The van der Waals surface area contributed by atoms with Gasteiger partial charge in [-0.05, 0) is 110 Å². The molecule has 4 saturated carbocycles. The van der Waals surface area contributed by atoms with Crippen LogP contribution in [0, 0.1) is 58.2 Å². The average Bonchev–Trinajstić information content (AvgIpc) is 3.05. The first-order valence-electron chi connectivity index (χ1n) is 13.9. The van der Waals surface area contributed by atoms with Gasteiger partial charge in [0, 0.05) is 0 Å². The van der Waals surface area contributed by atoms with E-state index in [4.69, 9.17) is 0 Å². The highest BCUT2D eigenvalue weighted by atomic mass is 16.3. The van der Waals surface area contributed by atoms with E-state index < -0.39 is 0 Å². The van der Waals surface area contributed by atoms with Crippen LogP contribution >= 0.6 is 0 Å². The lowest BCUT2D eigenvalue weighted by molar-refractivity contribution is -0.159. The molecule has 0 aliphatic heterocycles. The highest BCUT2D eigenvalue weighted by Crippen LogP contribution is 2.68. The highest BCUT2D eigenvalue weighted by Gasteiger charge is 2.61. The van der Waals surface area contributed by atoms with Gasteiger partial charge >= 0.3 is 0 Å². The molecule has 0 spiro atoms. The second-order valence-electron chi connectivity index (χ2n) is 13.2. The van der Waals surface area contributed by atoms with Crippen molar-refractivity contribution in [1.29, 1.82) is 0 Å². The monoisotopic (exact) mass is 416 g/mol. The Morgan fingerprint density at radius 3 is 2.27 bits per heavy atom. The summed E-state index contributed by atoms with van der Waals surface area (Å²) in [7, 11) is 0. The first-order valence-corrected chi connectivity index (χ1v) is 13.9. The molecule has 4 rings (SSSR count). The Bertz CT molecular complexity index is 583. The van der Waals surface area contributed by atoms with Gasteiger partial charge in [-0.3, -0.25) is 0 Å². The number of aliphatic hydroxyl groups excluding tert-OH is 1. The minimum Gasteiger partial charge on any atom is -0.393 e. The molecule has 30 heavy (non-hydrogen) atoms. The molecule has 0 amide bonds. The molecular formula is C29H52O. The Hall–Kier alpha value is -0.0400. The molecule has 0 aromatic rings. The van der Waals surface area contributed by atoms with Crippen LogP contribution < -0.4 is 0 Å². The summed E-state index contributed by atoms with van der Waals surface area (Å²) in [6.45, 7) is 15.1. The molecule has 4 aliphatic carbocycles. The summed E-state index contributed by atoms with van der Waals surface area (Å²) in [5.41, 5.74) is 0.967. The van der Waals surface area contributed by atoms with Crippen molar-refractivity contribution < 1.29 is 5.11 Å². The van der Waals surface area contributed by atoms with Crippen LogP contribution in [0.4, 0.5) is 0 Å². The Morgan fingerprint density at radius 1 is 0.833 bits per heavy atom. The molecular weight excluding hydrogens is 364 g/mol. The first-order chi connectivity index (χ1) is 14.2. The van der Waals surface area contributed by atoms with E-state index in [2.05, 4.69) is 41.5 Å². The quantitative estimate of drug-likeness (QED) is 0.463. The van der Waals surface area contributed by atoms with Gasteiger partial charge in [0.15, 0.2) is 0 Å². The van der Waals surface area contributed by atoms with E-state index in [0.29, 0.717) is 16.7 Å². The smallest absolute Gasteiger partial charge is 0.0576 e. The Kier molecular flexibility index (Phi) is 6.72.